The second-order valence-electron chi connectivity index (χ2n) is 6.80. The number of carbonyl (C=O) groups excluding carboxylic acids is 1. The summed E-state index contributed by atoms with van der Waals surface area (Å²) in [5.74, 6) is 2.05. The lowest BCUT2D eigenvalue weighted by Gasteiger charge is -2.45. The monoisotopic (exact) mass is 338 g/mol. The van der Waals surface area contributed by atoms with E-state index in [0.717, 1.165) is 24.2 Å². The molecule has 0 spiro atoms. The van der Waals surface area contributed by atoms with E-state index in [2.05, 4.69) is 5.32 Å². The van der Waals surface area contributed by atoms with Crippen LogP contribution in [0.15, 0.2) is 24.3 Å². The third-order valence-electron chi connectivity index (χ3n) is 5.20. The summed E-state index contributed by atoms with van der Waals surface area (Å²) in [6.45, 7) is 0. The first kappa shape index (κ1) is 18.1. The smallest absolute Gasteiger partial charge is 0.224 e. The number of benzene rings is 1. The molecule has 2 aliphatic rings. The molecule has 1 aromatic carbocycles. The van der Waals surface area contributed by atoms with Crippen LogP contribution in [-0.2, 0) is 11.2 Å². The highest BCUT2D eigenvalue weighted by molar-refractivity contribution is 5.85. The Morgan fingerprint density at radius 3 is 2.65 bits per heavy atom. The number of ether oxygens (including phenoxy) is 1. The number of fused-ring (bicyclic) bond motifs is 2. The Balaban J connectivity index is 0.00000192. The fourth-order valence-electron chi connectivity index (χ4n) is 4.23. The Labute approximate surface area is 144 Å². The maximum atomic E-state index is 12.4. The summed E-state index contributed by atoms with van der Waals surface area (Å²) in [5, 5.41) is 3.29. The zero-order valence-electron chi connectivity index (χ0n) is 13.7. The molecule has 0 saturated heterocycles. The van der Waals surface area contributed by atoms with E-state index in [0.29, 0.717) is 30.3 Å². The maximum absolute atomic E-state index is 12.4. The molecule has 2 fully saturated rings. The van der Waals surface area contributed by atoms with Crippen LogP contribution in [0, 0.1) is 11.8 Å². The van der Waals surface area contributed by atoms with Crippen LogP contribution in [-0.4, -0.2) is 25.1 Å². The maximum Gasteiger partial charge on any atom is 0.224 e. The summed E-state index contributed by atoms with van der Waals surface area (Å²) in [6, 6.07) is 8.37. The van der Waals surface area contributed by atoms with Gasteiger partial charge in [-0.05, 0) is 55.2 Å². The van der Waals surface area contributed by atoms with E-state index >= 15 is 0 Å². The number of carbonyl (C=O) groups is 1. The number of halogens is 1. The molecule has 3 rings (SSSR count). The number of amides is 1. The summed E-state index contributed by atoms with van der Waals surface area (Å²) >= 11 is 0. The minimum absolute atomic E-state index is 0. The van der Waals surface area contributed by atoms with Crippen molar-refractivity contribution in [3.05, 3.63) is 29.8 Å². The van der Waals surface area contributed by atoms with Crippen molar-refractivity contribution < 1.29 is 9.53 Å². The van der Waals surface area contributed by atoms with E-state index in [1.807, 2.05) is 24.3 Å². The van der Waals surface area contributed by atoms with Crippen molar-refractivity contribution in [2.24, 2.45) is 17.6 Å². The van der Waals surface area contributed by atoms with Crippen LogP contribution in [0.4, 0.5) is 0 Å². The van der Waals surface area contributed by atoms with Gasteiger partial charge in [0, 0.05) is 12.1 Å². The lowest BCUT2D eigenvalue weighted by Crippen LogP contribution is -2.54. The summed E-state index contributed by atoms with van der Waals surface area (Å²) in [6.07, 6.45) is 6.22. The SMILES string of the molecule is COc1cccc(CC(=O)NC2C3CCCC2CC(N)C3)c1.Cl. The van der Waals surface area contributed by atoms with Crippen molar-refractivity contribution in [3.63, 3.8) is 0 Å². The van der Waals surface area contributed by atoms with Crippen LogP contribution in [0.2, 0.25) is 0 Å². The summed E-state index contributed by atoms with van der Waals surface area (Å²) in [5.41, 5.74) is 7.14. The Hall–Kier alpha value is -1.26. The molecular formula is C18H27ClN2O2. The molecule has 3 N–H and O–H groups in total. The van der Waals surface area contributed by atoms with Gasteiger partial charge < -0.3 is 15.8 Å². The first-order valence-electron chi connectivity index (χ1n) is 8.33. The van der Waals surface area contributed by atoms with Gasteiger partial charge in [-0.1, -0.05) is 18.6 Å². The molecule has 128 valence electrons. The average Bonchev–Trinajstić information content (AvgIpc) is 2.48. The van der Waals surface area contributed by atoms with Crippen molar-refractivity contribution in [1.82, 2.24) is 5.32 Å². The summed E-state index contributed by atoms with van der Waals surface area (Å²) < 4.78 is 5.21. The predicted octanol–water partition coefficient (Wildman–Crippen LogP) is 2.68. The van der Waals surface area contributed by atoms with E-state index in [1.54, 1.807) is 7.11 Å². The molecule has 2 unspecified atom stereocenters. The molecule has 0 heterocycles. The number of nitrogens with two attached hydrogens (primary N) is 1. The van der Waals surface area contributed by atoms with Gasteiger partial charge in [0.2, 0.25) is 5.91 Å². The van der Waals surface area contributed by atoms with Crippen molar-refractivity contribution in [3.8, 4) is 5.75 Å². The molecule has 23 heavy (non-hydrogen) atoms. The van der Waals surface area contributed by atoms with E-state index in [-0.39, 0.29) is 18.3 Å². The van der Waals surface area contributed by atoms with Crippen molar-refractivity contribution >= 4 is 18.3 Å². The highest BCUT2D eigenvalue weighted by Crippen LogP contribution is 2.39. The minimum atomic E-state index is 0. The lowest BCUT2D eigenvalue weighted by atomic mass is 9.67. The van der Waals surface area contributed by atoms with Crippen LogP contribution in [0.5, 0.6) is 5.75 Å². The fourth-order valence-corrected chi connectivity index (χ4v) is 4.23. The molecule has 0 radical (unpaired) electrons. The second kappa shape index (κ2) is 8.02. The van der Waals surface area contributed by atoms with Gasteiger partial charge >= 0.3 is 0 Å². The zero-order valence-corrected chi connectivity index (χ0v) is 14.5. The second-order valence-corrected chi connectivity index (χ2v) is 6.80. The first-order chi connectivity index (χ1) is 10.7. The van der Waals surface area contributed by atoms with E-state index < -0.39 is 0 Å². The standard InChI is InChI=1S/C18H26N2O2.ClH/c1-22-16-7-2-4-12(8-16)9-17(21)20-18-13-5-3-6-14(18)11-15(19)10-13;/h2,4,7-8,13-15,18H,3,5-6,9-11,19H2,1H3,(H,20,21);1H. The molecule has 1 amide bonds. The van der Waals surface area contributed by atoms with Crippen LogP contribution < -0.4 is 15.8 Å². The van der Waals surface area contributed by atoms with Gasteiger partial charge in [-0.15, -0.1) is 12.4 Å². The molecule has 1 aromatic rings. The highest BCUT2D eigenvalue weighted by Gasteiger charge is 2.39. The van der Waals surface area contributed by atoms with E-state index in [4.69, 9.17) is 10.5 Å². The molecule has 0 aliphatic heterocycles. The Morgan fingerprint density at radius 2 is 2.00 bits per heavy atom. The van der Waals surface area contributed by atoms with Gasteiger partial charge in [0.25, 0.3) is 0 Å². The Bertz CT molecular complexity index is 524. The van der Waals surface area contributed by atoms with Crippen molar-refractivity contribution in [2.45, 2.75) is 50.6 Å². The number of rotatable bonds is 4. The average molecular weight is 339 g/mol. The largest absolute Gasteiger partial charge is 0.497 e. The van der Waals surface area contributed by atoms with Crippen LogP contribution in [0.1, 0.15) is 37.7 Å². The third-order valence-corrected chi connectivity index (χ3v) is 5.20. The first-order valence-corrected chi connectivity index (χ1v) is 8.33. The van der Waals surface area contributed by atoms with Gasteiger partial charge in [-0.25, -0.2) is 0 Å². The summed E-state index contributed by atoms with van der Waals surface area (Å²) in [4.78, 5) is 12.4. The molecule has 2 aliphatic carbocycles. The predicted molar refractivity (Wildman–Crippen MR) is 93.9 cm³/mol. The Kier molecular flexibility index (Phi) is 6.31. The van der Waals surface area contributed by atoms with Gasteiger partial charge in [0.15, 0.2) is 0 Å². The van der Waals surface area contributed by atoms with Gasteiger partial charge in [-0.3, -0.25) is 4.79 Å². The number of nitrogens with one attached hydrogen (secondary N) is 1. The van der Waals surface area contributed by atoms with E-state index in [9.17, 15) is 4.79 Å². The zero-order chi connectivity index (χ0) is 15.5. The molecule has 5 heteroatoms. The van der Waals surface area contributed by atoms with Crippen LogP contribution in [0.3, 0.4) is 0 Å². The number of hydrogen-bond donors (Lipinski definition) is 2. The molecular weight excluding hydrogens is 312 g/mol. The van der Waals surface area contributed by atoms with Crippen molar-refractivity contribution in [1.29, 1.82) is 0 Å². The van der Waals surface area contributed by atoms with E-state index in [1.165, 1.54) is 19.3 Å². The highest BCUT2D eigenvalue weighted by atomic mass is 35.5. The van der Waals surface area contributed by atoms with Crippen LogP contribution in [0.25, 0.3) is 0 Å². The molecule has 2 saturated carbocycles. The normalized spacial score (nSPS) is 29.3. The molecule has 4 nitrogen and oxygen atoms in total. The lowest BCUT2D eigenvalue weighted by molar-refractivity contribution is -0.122. The van der Waals surface area contributed by atoms with Crippen molar-refractivity contribution in [2.75, 3.05) is 7.11 Å². The topological polar surface area (TPSA) is 64.3 Å². The van der Waals surface area contributed by atoms with Crippen LogP contribution >= 0.6 is 12.4 Å². The van der Waals surface area contributed by atoms with Gasteiger partial charge in [-0.2, -0.15) is 0 Å². The summed E-state index contributed by atoms with van der Waals surface area (Å²) in [7, 11) is 1.64. The molecule has 0 aromatic heterocycles. The van der Waals surface area contributed by atoms with Gasteiger partial charge in [0.05, 0.1) is 13.5 Å². The molecule has 2 atom stereocenters. The number of hydrogen-bond acceptors (Lipinski definition) is 3. The minimum Gasteiger partial charge on any atom is -0.497 e. The quantitative estimate of drug-likeness (QED) is 0.887. The fraction of sp³-hybridized carbons (Fsp3) is 0.611. The Morgan fingerprint density at radius 1 is 1.30 bits per heavy atom. The number of methoxy groups -OCH3 is 1. The third kappa shape index (κ3) is 4.39. The molecule has 2 bridgehead atoms. The van der Waals surface area contributed by atoms with Gasteiger partial charge in [0.1, 0.15) is 5.75 Å².